The van der Waals surface area contributed by atoms with Gasteiger partial charge in [0.1, 0.15) is 11.5 Å². The smallest absolute Gasteiger partial charge is 0.306 e. The minimum atomic E-state index is -3.50. The van der Waals surface area contributed by atoms with Gasteiger partial charge in [0.2, 0.25) is 0 Å². The van der Waals surface area contributed by atoms with Crippen LogP contribution in [-0.4, -0.2) is 40.5 Å². The van der Waals surface area contributed by atoms with Crippen molar-refractivity contribution in [3.05, 3.63) is 59.7 Å². The summed E-state index contributed by atoms with van der Waals surface area (Å²) in [6.45, 7) is 3.65. The first-order chi connectivity index (χ1) is 12.9. The van der Waals surface area contributed by atoms with E-state index in [4.69, 9.17) is 19.4 Å². The van der Waals surface area contributed by atoms with E-state index in [9.17, 15) is 8.42 Å². The summed E-state index contributed by atoms with van der Waals surface area (Å²) in [6, 6.07) is 14.9. The highest BCUT2D eigenvalue weighted by Gasteiger charge is 2.07. The highest BCUT2D eigenvalue weighted by Crippen LogP contribution is 2.16. The van der Waals surface area contributed by atoms with Crippen LogP contribution < -0.4 is 14.7 Å². The van der Waals surface area contributed by atoms with Crippen LogP contribution in [0.5, 0.6) is 11.5 Å². The van der Waals surface area contributed by atoms with E-state index in [1.165, 1.54) is 0 Å². The van der Waals surface area contributed by atoms with Crippen LogP contribution in [0, 0.1) is 0 Å². The Kier molecular flexibility index (Phi) is 8.09. The molecule has 0 fully saturated rings. The molecule has 2 rings (SSSR count). The number of benzene rings is 2. The van der Waals surface area contributed by atoms with Gasteiger partial charge in [0, 0.05) is 19.6 Å². The van der Waals surface area contributed by atoms with Crippen molar-refractivity contribution in [2.45, 2.75) is 25.9 Å². The van der Waals surface area contributed by atoms with Gasteiger partial charge in [-0.3, -0.25) is 0 Å². The molecule has 0 radical (unpaired) electrons. The molecule has 148 valence electrons. The van der Waals surface area contributed by atoms with E-state index in [0.29, 0.717) is 31.9 Å². The van der Waals surface area contributed by atoms with Crippen LogP contribution in [0.1, 0.15) is 18.1 Å². The van der Waals surface area contributed by atoms with Crippen LogP contribution >= 0.6 is 0 Å². The van der Waals surface area contributed by atoms with E-state index in [-0.39, 0.29) is 6.10 Å². The average molecular weight is 394 g/mol. The molecule has 0 heterocycles. The third-order valence-electron chi connectivity index (χ3n) is 3.88. The highest BCUT2D eigenvalue weighted by molar-refractivity contribution is 7.86. The molecule has 0 aromatic heterocycles. The second-order valence-corrected chi connectivity index (χ2v) is 7.77. The largest absolute Gasteiger partial charge is 0.493 e. The van der Waals surface area contributed by atoms with Crippen molar-refractivity contribution < 1.29 is 22.1 Å². The maximum Gasteiger partial charge on any atom is 0.306 e. The number of rotatable bonds is 11. The summed E-state index contributed by atoms with van der Waals surface area (Å²) in [4.78, 5) is 0. The van der Waals surface area contributed by atoms with Gasteiger partial charge in [-0.05, 0) is 48.7 Å². The lowest BCUT2D eigenvalue weighted by molar-refractivity contribution is 0.0694. The molecule has 7 heteroatoms. The SMILES string of the molecule is CCOC(CN)Cc1ccc(OCCc2ccc(OS(C)(=O)=O)cc2)cc1. The second-order valence-electron chi connectivity index (χ2n) is 6.19. The molecule has 27 heavy (non-hydrogen) atoms. The third kappa shape index (κ3) is 7.99. The second kappa shape index (κ2) is 10.3. The standard InChI is InChI=1S/C20H27NO5S/c1-3-24-20(15-21)14-17-6-8-18(9-7-17)25-13-12-16-4-10-19(11-5-16)26-27(2,22)23/h4-11,20H,3,12-15,21H2,1-2H3. The Balaban J connectivity index is 1.79. The van der Waals surface area contributed by atoms with E-state index in [1.54, 1.807) is 12.1 Å². The third-order valence-corrected chi connectivity index (χ3v) is 4.38. The van der Waals surface area contributed by atoms with Gasteiger partial charge in [-0.25, -0.2) is 0 Å². The fraction of sp³-hybridized carbons (Fsp3) is 0.400. The van der Waals surface area contributed by atoms with Crippen LogP contribution in [0.25, 0.3) is 0 Å². The maximum absolute atomic E-state index is 11.1. The van der Waals surface area contributed by atoms with Crippen molar-refractivity contribution in [2.75, 3.05) is 26.0 Å². The fourth-order valence-electron chi connectivity index (χ4n) is 2.60. The van der Waals surface area contributed by atoms with Gasteiger partial charge < -0.3 is 19.4 Å². The van der Waals surface area contributed by atoms with Crippen molar-refractivity contribution in [3.63, 3.8) is 0 Å². The van der Waals surface area contributed by atoms with Crippen molar-refractivity contribution >= 4 is 10.1 Å². The van der Waals surface area contributed by atoms with Gasteiger partial charge in [0.05, 0.1) is 19.0 Å². The zero-order valence-electron chi connectivity index (χ0n) is 15.8. The fourth-order valence-corrected chi connectivity index (χ4v) is 3.06. The molecule has 2 N–H and O–H groups in total. The summed E-state index contributed by atoms with van der Waals surface area (Å²) >= 11 is 0. The molecule has 6 nitrogen and oxygen atoms in total. The Bertz CT molecular complexity index is 788. The molecule has 0 saturated carbocycles. The number of hydrogen-bond donors (Lipinski definition) is 1. The number of hydrogen-bond acceptors (Lipinski definition) is 6. The van der Waals surface area contributed by atoms with Crippen LogP contribution in [-0.2, 0) is 27.7 Å². The lowest BCUT2D eigenvalue weighted by Gasteiger charge is -2.15. The predicted molar refractivity (Wildman–Crippen MR) is 106 cm³/mol. The van der Waals surface area contributed by atoms with Gasteiger partial charge in [0.25, 0.3) is 0 Å². The molecule has 1 unspecified atom stereocenters. The molecule has 2 aromatic carbocycles. The Morgan fingerprint density at radius 3 is 2.11 bits per heavy atom. The van der Waals surface area contributed by atoms with Gasteiger partial charge in [-0.1, -0.05) is 24.3 Å². The minimum Gasteiger partial charge on any atom is -0.493 e. The summed E-state index contributed by atoms with van der Waals surface area (Å²) < 4.78 is 38.3. The van der Waals surface area contributed by atoms with Gasteiger partial charge in [0.15, 0.2) is 0 Å². The van der Waals surface area contributed by atoms with Crippen LogP contribution in [0.15, 0.2) is 48.5 Å². The first-order valence-electron chi connectivity index (χ1n) is 8.91. The lowest BCUT2D eigenvalue weighted by atomic mass is 10.1. The molecule has 2 aromatic rings. The summed E-state index contributed by atoms with van der Waals surface area (Å²) in [5.41, 5.74) is 7.91. The van der Waals surface area contributed by atoms with Crippen LogP contribution in [0.4, 0.5) is 0 Å². The first-order valence-corrected chi connectivity index (χ1v) is 10.7. The topological polar surface area (TPSA) is 87.8 Å². The zero-order chi connectivity index (χ0) is 19.7. The summed E-state index contributed by atoms with van der Waals surface area (Å²) in [6.07, 6.45) is 2.55. The zero-order valence-corrected chi connectivity index (χ0v) is 16.6. The lowest BCUT2D eigenvalue weighted by Crippen LogP contribution is -2.26. The normalized spacial score (nSPS) is 12.6. The van der Waals surface area contributed by atoms with Crippen molar-refractivity contribution in [1.82, 2.24) is 0 Å². The molecule has 0 spiro atoms. The van der Waals surface area contributed by atoms with Gasteiger partial charge >= 0.3 is 10.1 Å². The molecule has 0 aliphatic rings. The molecular weight excluding hydrogens is 366 g/mol. The monoisotopic (exact) mass is 393 g/mol. The Hall–Kier alpha value is -2.09. The molecule has 0 aliphatic heterocycles. The van der Waals surface area contributed by atoms with Crippen molar-refractivity contribution in [3.8, 4) is 11.5 Å². The number of nitrogens with two attached hydrogens (primary N) is 1. The van der Waals surface area contributed by atoms with Crippen molar-refractivity contribution in [2.24, 2.45) is 5.73 Å². The van der Waals surface area contributed by atoms with Gasteiger partial charge in [-0.15, -0.1) is 0 Å². The molecular formula is C20H27NO5S. The Labute approximate surface area is 161 Å². The number of ether oxygens (including phenoxy) is 2. The summed E-state index contributed by atoms with van der Waals surface area (Å²) in [5, 5.41) is 0. The van der Waals surface area contributed by atoms with E-state index >= 15 is 0 Å². The quantitative estimate of drug-likeness (QED) is 0.590. The Morgan fingerprint density at radius 1 is 0.963 bits per heavy atom. The molecule has 0 saturated heterocycles. The van der Waals surface area contributed by atoms with Crippen molar-refractivity contribution in [1.29, 1.82) is 0 Å². The Morgan fingerprint density at radius 2 is 1.56 bits per heavy atom. The van der Waals surface area contributed by atoms with Crippen LogP contribution in [0.3, 0.4) is 0 Å². The maximum atomic E-state index is 11.1. The summed E-state index contributed by atoms with van der Waals surface area (Å²) in [7, 11) is -3.50. The highest BCUT2D eigenvalue weighted by atomic mass is 32.2. The minimum absolute atomic E-state index is 0.0383. The summed E-state index contributed by atoms with van der Waals surface area (Å²) in [5.74, 6) is 1.11. The molecule has 0 amide bonds. The predicted octanol–water partition coefficient (Wildman–Crippen LogP) is 2.55. The van der Waals surface area contributed by atoms with E-state index in [2.05, 4.69) is 0 Å². The average Bonchev–Trinajstić information content (AvgIpc) is 2.63. The molecule has 1 atom stereocenters. The van der Waals surface area contributed by atoms with E-state index in [1.807, 2.05) is 43.3 Å². The first kappa shape index (κ1) is 21.2. The molecule has 0 aliphatic carbocycles. The van der Waals surface area contributed by atoms with E-state index in [0.717, 1.165) is 29.6 Å². The molecule has 0 bridgehead atoms. The van der Waals surface area contributed by atoms with Gasteiger partial charge in [-0.2, -0.15) is 8.42 Å². The van der Waals surface area contributed by atoms with Crippen LogP contribution in [0.2, 0.25) is 0 Å². The van der Waals surface area contributed by atoms with E-state index < -0.39 is 10.1 Å².